The molecule has 0 spiro atoms. The van der Waals surface area contributed by atoms with Crippen LogP contribution in [0.2, 0.25) is 0 Å². The molecule has 0 aromatic heterocycles. The average molecular weight is 344 g/mol. The van der Waals surface area contributed by atoms with Crippen LogP contribution in [-0.4, -0.2) is 32.0 Å². The summed E-state index contributed by atoms with van der Waals surface area (Å²) in [7, 11) is -4.21. The van der Waals surface area contributed by atoms with Gasteiger partial charge in [0.15, 0.2) is 0 Å². The number of nitrogens with zero attached hydrogens (tertiary/aromatic N) is 1. The van der Waals surface area contributed by atoms with Crippen LogP contribution in [0.15, 0.2) is 23.1 Å². The van der Waals surface area contributed by atoms with Gasteiger partial charge in [-0.25, -0.2) is 13.1 Å². The fourth-order valence-corrected chi connectivity index (χ4v) is 2.98. The highest BCUT2D eigenvalue weighted by molar-refractivity contribution is 7.90. The first-order valence-corrected chi connectivity index (χ1v) is 8.46. The maximum absolute atomic E-state index is 12.3. The number of carbonyl (C=O) groups excluding carboxylic acids is 1. The molecule has 0 bridgehead atoms. The molecule has 0 unspecified atom stereocenters. The monoisotopic (exact) mass is 344 g/mol. The van der Waals surface area contributed by atoms with Crippen LogP contribution < -0.4 is 4.72 Å². The lowest BCUT2D eigenvalue weighted by atomic mass is 10.2. The summed E-state index contributed by atoms with van der Waals surface area (Å²) in [6, 6.07) is 3.44. The van der Waals surface area contributed by atoms with Crippen LogP contribution in [0.5, 0.6) is 0 Å². The van der Waals surface area contributed by atoms with Crippen molar-refractivity contribution in [1.82, 2.24) is 4.72 Å². The number of nitro groups is 1. The Bertz CT molecular complexity index is 699. The van der Waals surface area contributed by atoms with Gasteiger partial charge in [0.25, 0.3) is 21.6 Å². The Labute approximate surface area is 135 Å². The zero-order valence-corrected chi connectivity index (χ0v) is 14.2. The highest BCUT2D eigenvalue weighted by atomic mass is 32.2. The highest BCUT2D eigenvalue weighted by Gasteiger charge is 2.25. The number of sulfonamides is 1. The van der Waals surface area contributed by atoms with Crippen LogP contribution >= 0.6 is 0 Å². The van der Waals surface area contributed by atoms with Gasteiger partial charge in [-0.15, -0.1) is 0 Å². The summed E-state index contributed by atoms with van der Waals surface area (Å²) < 4.78 is 31.7. The molecule has 0 saturated carbocycles. The lowest BCUT2D eigenvalue weighted by Gasteiger charge is -2.15. The van der Waals surface area contributed by atoms with Gasteiger partial charge in [-0.1, -0.05) is 19.9 Å². The van der Waals surface area contributed by atoms with Crippen molar-refractivity contribution >= 4 is 21.6 Å². The van der Waals surface area contributed by atoms with E-state index >= 15 is 0 Å². The Morgan fingerprint density at radius 1 is 1.35 bits per heavy atom. The fraction of sp³-hybridized carbons (Fsp3) is 0.500. The van der Waals surface area contributed by atoms with Gasteiger partial charge in [0.1, 0.15) is 6.10 Å². The Balaban J connectivity index is 2.97. The number of nitro benzene ring substituents is 1. The van der Waals surface area contributed by atoms with Gasteiger partial charge in [0.2, 0.25) is 0 Å². The second-order valence-corrected chi connectivity index (χ2v) is 7.20. The zero-order chi connectivity index (χ0) is 17.8. The van der Waals surface area contributed by atoms with Gasteiger partial charge in [-0.05, 0) is 25.3 Å². The van der Waals surface area contributed by atoms with Crippen molar-refractivity contribution in [2.75, 3.05) is 6.61 Å². The number of carbonyl (C=O) groups is 1. The minimum Gasteiger partial charge on any atom is -0.368 e. The van der Waals surface area contributed by atoms with E-state index in [1.54, 1.807) is 0 Å². The van der Waals surface area contributed by atoms with Crippen LogP contribution in [-0.2, 0) is 19.6 Å². The second-order valence-electron chi connectivity index (χ2n) is 5.55. The van der Waals surface area contributed by atoms with Gasteiger partial charge in [-0.3, -0.25) is 14.9 Å². The van der Waals surface area contributed by atoms with Crippen LogP contribution in [0.4, 0.5) is 5.69 Å². The number of hydrogen-bond acceptors (Lipinski definition) is 6. The van der Waals surface area contributed by atoms with E-state index < -0.39 is 27.0 Å². The maximum atomic E-state index is 12.3. The van der Waals surface area contributed by atoms with E-state index in [4.69, 9.17) is 4.74 Å². The normalized spacial score (nSPS) is 12.9. The van der Waals surface area contributed by atoms with E-state index in [-0.39, 0.29) is 16.5 Å². The molecule has 0 aliphatic carbocycles. The third-order valence-electron chi connectivity index (χ3n) is 2.96. The van der Waals surface area contributed by atoms with E-state index in [0.717, 1.165) is 6.07 Å². The van der Waals surface area contributed by atoms with Gasteiger partial charge in [0.05, 0.1) is 9.82 Å². The van der Waals surface area contributed by atoms with E-state index in [1.807, 2.05) is 18.6 Å². The molecule has 0 fully saturated rings. The molecule has 8 nitrogen and oxygen atoms in total. The minimum absolute atomic E-state index is 0.195. The summed E-state index contributed by atoms with van der Waals surface area (Å²) in [5.74, 6) is -0.627. The molecule has 1 amide bonds. The van der Waals surface area contributed by atoms with Crippen molar-refractivity contribution in [3.8, 4) is 0 Å². The first-order chi connectivity index (χ1) is 10.5. The molecule has 0 saturated heterocycles. The predicted octanol–water partition coefficient (Wildman–Crippen LogP) is 1.77. The van der Waals surface area contributed by atoms with E-state index in [9.17, 15) is 23.3 Å². The molecule has 1 N–H and O–H groups in total. The van der Waals surface area contributed by atoms with Crippen molar-refractivity contribution in [3.63, 3.8) is 0 Å². The van der Waals surface area contributed by atoms with Crippen molar-refractivity contribution in [2.24, 2.45) is 5.92 Å². The lowest BCUT2D eigenvalue weighted by Crippen LogP contribution is -2.39. The number of ether oxygens (including phenoxy) is 1. The molecule has 0 aliphatic rings. The Morgan fingerprint density at radius 3 is 2.48 bits per heavy atom. The fourth-order valence-electron chi connectivity index (χ4n) is 1.67. The number of hydrogen-bond donors (Lipinski definition) is 1. The molecular weight excluding hydrogens is 324 g/mol. The largest absolute Gasteiger partial charge is 0.368 e. The number of benzene rings is 1. The summed E-state index contributed by atoms with van der Waals surface area (Å²) >= 11 is 0. The molecule has 1 atom stereocenters. The second kappa shape index (κ2) is 7.51. The molecule has 128 valence electrons. The standard InChI is InChI=1S/C14H20N2O6S/c1-9(2)8-22-11(4)14(17)15-23(20,21)13-7-12(16(18)19)6-5-10(13)3/h5-7,9,11H,8H2,1-4H3,(H,15,17)/t11-/m1/s1. The summed E-state index contributed by atoms with van der Waals surface area (Å²) in [5.41, 5.74) is -0.0702. The summed E-state index contributed by atoms with van der Waals surface area (Å²) in [4.78, 5) is 21.7. The highest BCUT2D eigenvalue weighted by Crippen LogP contribution is 2.21. The molecule has 0 aliphatic heterocycles. The number of non-ortho nitro benzene ring substituents is 1. The molecule has 1 aromatic carbocycles. The Morgan fingerprint density at radius 2 is 1.96 bits per heavy atom. The van der Waals surface area contributed by atoms with Gasteiger partial charge >= 0.3 is 0 Å². The molecule has 1 aromatic rings. The topological polar surface area (TPSA) is 116 Å². The summed E-state index contributed by atoms with van der Waals surface area (Å²) in [6.45, 7) is 7.03. The van der Waals surface area contributed by atoms with Crippen LogP contribution in [0.1, 0.15) is 26.3 Å². The summed E-state index contributed by atoms with van der Waals surface area (Å²) in [6.07, 6.45) is -0.953. The van der Waals surface area contributed by atoms with Crippen LogP contribution in [0, 0.1) is 23.0 Å². The molecule has 9 heteroatoms. The maximum Gasteiger partial charge on any atom is 0.270 e. The van der Waals surface area contributed by atoms with Gasteiger partial charge in [0, 0.05) is 18.7 Å². The van der Waals surface area contributed by atoms with Crippen LogP contribution in [0.25, 0.3) is 0 Å². The third kappa shape index (κ3) is 5.29. The molecular formula is C14H20N2O6S. The van der Waals surface area contributed by atoms with Crippen molar-refractivity contribution < 1.29 is 22.9 Å². The Kier molecular flexibility index (Phi) is 6.22. The number of nitrogens with one attached hydrogen (secondary N) is 1. The van der Waals surface area contributed by atoms with E-state index in [1.165, 1.54) is 26.0 Å². The molecule has 1 rings (SSSR count). The Hall–Kier alpha value is -2.00. The van der Waals surface area contributed by atoms with Crippen molar-refractivity contribution in [2.45, 2.75) is 38.7 Å². The number of amides is 1. The molecule has 23 heavy (non-hydrogen) atoms. The van der Waals surface area contributed by atoms with Crippen molar-refractivity contribution in [3.05, 3.63) is 33.9 Å². The van der Waals surface area contributed by atoms with Gasteiger partial charge < -0.3 is 4.74 Å². The smallest absolute Gasteiger partial charge is 0.270 e. The van der Waals surface area contributed by atoms with Gasteiger partial charge in [-0.2, -0.15) is 0 Å². The third-order valence-corrected chi connectivity index (χ3v) is 4.44. The van der Waals surface area contributed by atoms with Crippen LogP contribution in [0.3, 0.4) is 0 Å². The number of rotatable bonds is 7. The minimum atomic E-state index is -4.21. The lowest BCUT2D eigenvalue weighted by molar-refractivity contribution is -0.385. The molecule has 0 radical (unpaired) electrons. The quantitative estimate of drug-likeness (QED) is 0.595. The van der Waals surface area contributed by atoms with E-state index in [0.29, 0.717) is 12.2 Å². The first kappa shape index (κ1) is 19.0. The molecule has 0 heterocycles. The van der Waals surface area contributed by atoms with E-state index in [2.05, 4.69) is 0 Å². The SMILES string of the molecule is Cc1ccc([N+](=O)[O-])cc1S(=O)(=O)NC(=O)[C@@H](C)OCC(C)C. The predicted molar refractivity (Wildman–Crippen MR) is 83.4 cm³/mol. The number of aryl methyl sites for hydroxylation is 1. The van der Waals surface area contributed by atoms with Crippen molar-refractivity contribution in [1.29, 1.82) is 0 Å². The summed E-state index contributed by atoms with van der Waals surface area (Å²) in [5, 5.41) is 10.8. The average Bonchev–Trinajstić information content (AvgIpc) is 2.43. The zero-order valence-electron chi connectivity index (χ0n) is 13.4. The first-order valence-electron chi connectivity index (χ1n) is 6.98.